The van der Waals surface area contributed by atoms with Gasteiger partial charge in [0.2, 0.25) is 0 Å². The van der Waals surface area contributed by atoms with Gasteiger partial charge in [-0.1, -0.05) is 0 Å². The lowest BCUT2D eigenvalue weighted by Crippen LogP contribution is -2.40. The second-order valence-electron chi connectivity index (χ2n) is 2.87. The molecule has 2 aliphatic heterocycles. The molecule has 2 saturated heterocycles. The van der Waals surface area contributed by atoms with Crippen LogP contribution in [0.15, 0.2) is 0 Å². The minimum atomic E-state index is -2.29. The number of carbonyl (C=O) groups excluding carboxylic acids is 2. The van der Waals surface area contributed by atoms with Crippen LogP contribution < -0.4 is 0 Å². The van der Waals surface area contributed by atoms with Crippen LogP contribution in [0, 0.1) is 0 Å². The van der Waals surface area contributed by atoms with Gasteiger partial charge in [0.25, 0.3) is 0 Å². The summed E-state index contributed by atoms with van der Waals surface area (Å²) in [7, 11) is 0. The first-order chi connectivity index (χ1) is 6.28. The Kier molecular flexibility index (Phi) is 2.16. The van der Waals surface area contributed by atoms with E-state index in [1.54, 1.807) is 0 Å². The van der Waals surface area contributed by atoms with E-state index in [2.05, 4.69) is 0 Å². The largest absolute Gasteiger partial charge is 0.532 e. The first-order valence-electron chi connectivity index (χ1n) is 3.95. The van der Waals surface area contributed by atoms with Crippen molar-refractivity contribution in [3.63, 3.8) is 0 Å². The van der Waals surface area contributed by atoms with Crippen LogP contribution in [0.25, 0.3) is 0 Å². The number of hydrogen-bond acceptors (Lipinski definition) is 6. The molecule has 2 unspecified atom stereocenters. The molecule has 0 aromatic heterocycles. The Morgan fingerprint density at radius 2 is 1.46 bits per heavy atom. The normalized spacial score (nSPS) is 44.0. The van der Waals surface area contributed by atoms with E-state index in [0.29, 0.717) is 12.6 Å². The highest BCUT2D eigenvalue weighted by Crippen LogP contribution is 2.27. The minimum absolute atomic E-state index is 0.106. The van der Waals surface area contributed by atoms with E-state index < -0.39 is 19.2 Å². The van der Waals surface area contributed by atoms with E-state index in [9.17, 15) is 9.59 Å². The molecule has 2 heterocycles. The highest BCUT2D eigenvalue weighted by atomic mass is 16.9. The van der Waals surface area contributed by atoms with Gasteiger partial charge in [0, 0.05) is 13.2 Å². The molecule has 0 aliphatic carbocycles. The molecule has 72 valence electrons. The van der Waals surface area contributed by atoms with Crippen molar-refractivity contribution in [1.29, 1.82) is 0 Å². The van der Waals surface area contributed by atoms with Crippen molar-refractivity contribution in [1.82, 2.24) is 0 Å². The Labute approximate surface area is 74.1 Å². The summed E-state index contributed by atoms with van der Waals surface area (Å²) in [5, 5.41) is 0. The zero-order valence-corrected chi connectivity index (χ0v) is 6.75. The molecular formula is C6H8BO6-. The highest BCUT2D eigenvalue weighted by Gasteiger charge is 2.46. The monoisotopic (exact) mass is 187 g/mol. The van der Waals surface area contributed by atoms with Crippen molar-refractivity contribution in [3.05, 3.63) is 0 Å². The summed E-state index contributed by atoms with van der Waals surface area (Å²) in [6.45, 7) is -2.08. The summed E-state index contributed by atoms with van der Waals surface area (Å²) < 4.78 is 20.2. The second-order valence-corrected chi connectivity index (χ2v) is 2.87. The molecule has 0 N–H and O–H groups in total. The number of hydrogen-bond donors (Lipinski definition) is 0. The fourth-order valence-electron chi connectivity index (χ4n) is 1.31. The standard InChI is InChI=1S/C6H8BO6/c8-1-5-3-10-7(12-5)11-4-6(2-9)13-7/h1-2,5-6H,3-4H2/q-1. The Balaban J connectivity index is 2.00. The van der Waals surface area contributed by atoms with Crippen molar-refractivity contribution in [2.45, 2.75) is 12.2 Å². The molecule has 0 saturated carbocycles. The maximum atomic E-state index is 10.3. The maximum Gasteiger partial charge on any atom is 0.532 e. The number of carbonyl (C=O) groups is 2. The zero-order valence-electron chi connectivity index (χ0n) is 6.75. The van der Waals surface area contributed by atoms with Crippen molar-refractivity contribution in [2.24, 2.45) is 0 Å². The number of aldehydes is 2. The van der Waals surface area contributed by atoms with Gasteiger partial charge in [-0.3, -0.25) is 0 Å². The Hall–Kier alpha value is -0.755. The average Bonchev–Trinajstić information content (AvgIpc) is 2.74. The molecular weight excluding hydrogens is 179 g/mol. The van der Waals surface area contributed by atoms with Gasteiger partial charge in [0.05, 0.1) is 12.2 Å². The lowest BCUT2D eigenvalue weighted by atomic mass is 10.1. The lowest BCUT2D eigenvalue weighted by Gasteiger charge is -2.27. The quantitative estimate of drug-likeness (QED) is 0.393. The Morgan fingerprint density at radius 3 is 1.77 bits per heavy atom. The van der Waals surface area contributed by atoms with Crippen LogP contribution in [0.3, 0.4) is 0 Å². The third-order valence-electron chi connectivity index (χ3n) is 1.92. The van der Waals surface area contributed by atoms with Crippen molar-refractivity contribution in [3.8, 4) is 0 Å². The summed E-state index contributed by atoms with van der Waals surface area (Å²) in [5.74, 6) is 0. The van der Waals surface area contributed by atoms with Crippen LogP contribution in [-0.2, 0) is 28.2 Å². The molecule has 1 spiro atoms. The van der Waals surface area contributed by atoms with Gasteiger partial charge in [-0.05, 0) is 0 Å². The summed E-state index contributed by atoms with van der Waals surface area (Å²) in [5.41, 5.74) is 0. The van der Waals surface area contributed by atoms with E-state index in [4.69, 9.17) is 18.6 Å². The predicted molar refractivity (Wildman–Crippen MR) is 39.5 cm³/mol. The van der Waals surface area contributed by atoms with E-state index >= 15 is 0 Å². The molecule has 13 heavy (non-hydrogen) atoms. The van der Waals surface area contributed by atoms with Gasteiger partial charge >= 0.3 is 6.96 Å². The predicted octanol–water partition coefficient (Wildman–Crippen LogP) is -1.35. The van der Waals surface area contributed by atoms with Crippen molar-refractivity contribution >= 4 is 19.5 Å². The molecule has 2 rings (SSSR count). The van der Waals surface area contributed by atoms with Crippen LogP contribution in [0.1, 0.15) is 0 Å². The van der Waals surface area contributed by atoms with E-state index in [1.165, 1.54) is 0 Å². The fourth-order valence-corrected chi connectivity index (χ4v) is 1.31. The van der Waals surface area contributed by atoms with Crippen LogP contribution in [0.4, 0.5) is 0 Å². The van der Waals surface area contributed by atoms with Crippen molar-refractivity contribution in [2.75, 3.05) is 13.2 Å². The fraction of sp³-hybridized carbons (Fsp3) is 0.667. The number of rotatable bonds is 2. The first kappa shape index (κ1) is 8.83. The van der Waals surface area contributed by atoms with Gasteiger partial charge in [0.1, 0.15) is 12.6 Å². The van der Waals surface area contributed by atoms with E-state index in [-0.39, 0.29) is 13.2 Å². The average molecular weight is 187 g/mol. The van der Waals surface area contributed by atoms with E-state index in [1.807, 2.05) is 0 Å². The second kappa shape index (κ2) is 3.19. The summed E-state index contributed by atoms with van der Waals surface area (Å²) >= 11 is 0. The third kappa shape index (κ3) is 1.51. The first-order valence-corrected chi connectivity index (χ1v) is 3.95. The molecule has 6 nitrogen and oxygen atoms in total. The topological polar surface area (TPSA) is 71.1 Å². The molecule has 0 radical (unpaired) electrons. The van der Waals surface area contributed by atoms with E-state index in [0.717, 1.165) is 0 Å². The van der Waals surface area contributed by atoms with Crippen LogP contribution in [0.2, 0.25) is 0 Å². The smallest absolute Gasteiger partial charge is 0.516 e. The molecule has 2 aliphatic rings. The summed E-state index contributed by atoms with van der Waals surface area (Å²) in [6, 6.07) is 0. The Morgan fingerprint density at radius 1 is 1.00 bits per heavy atom. The van der Waals surface area contributed by atoms with Gasteiger partial charge in [-0.2, -0.15) is 0 Å². The molecule has 2 atom stereocenters. The Bertz CT molecular complexity index is 207. The summed E-state index contributed by atoms with van der Waals surface area (Å²) in [6.07, 6.45) is -0.106. The molecule has 7 heteroatoms. The zero-order chi connectivity index (χ0) is 9.31. The lowest BCUT2D eigenvalue weighted by molar-refractivity contribution is -0.114. The van der Waals surface area contributed by atoms with Crippen LogP contribution >= 0.6 is 0 Å². The maximum absolute atomic E-state index is 10.3. The molecule has 0 aromatic rings. The molecule has 0 bridgehead atoms. The highest BCUT2D eigenvalue weighted by molar-refractivity contribution is 6.55. The van der Waals surface area contributed by atoms with Gasteiger partial charge in [0.15, 0.2) is 0 Å². The molecule has 2 fully saturated rings. The summed E-state index contributed by atoms with van der Waals surface area (Å²) in [4.78, 5) is 20.6. The van der Waals surface area contributed by atoms with Crippen molar-refractivity contribution < 1.29 is 28.2 Å². The molecule has 0 aromatic carbocycles. The third-order valence-corrected chi connectivity index (χ3v) is 1.92. The van der Waals surface area contributed by atoms with Gasteiger partial charge in [-0.15, -0.1) is 0 Å². The molecule has 0 amide bonds. The van der Waals surface area contributed by atoms with Gasteiger partial charge < -0.3 is 28.2 Å². The minimum Gasteiger partial charge on any atom is -0.516 e. The van der Waals surface area contributed by atoms with Crippen LogP contribution in [0.5, 0.6) is 0 Å². The SMILES string of the molecule is O=CC1CO[B-]2(OCC(C=O)O2)O1. The van der Waals surface area contributed by atoms with Gasteiger partial charge in [-0.25, -0.2) is 0 Å². The van der Waals surface area contributed by atoms with Crippen LogP contribution in [-0.4, -0.2) is 45.0 Å².